The van der Waals surface area contributed by atoms with Gasteiger partial charge in [0.25, 0.3) is 0 Å². The van der Waals surface area contributed by atoms with Crippen molar-refractivity contribution in [2.75, 3.05) is 13.1 Å². The van der Waals surface area contributed by atoms with Crippen LogP contribution in [0.25, 0.3) is 0 Å². The van der Waals surface area contributed by atoms with Crippen LogP contribution in [0.1, 0.15) is 34.3 Å². The quantitative estimate of drug-likeness (QED) is 0.786. The van der Waals surface area contributed by atoms with Crippen molar-refractivity contribution < 1.29 is 13.2 Å². The minimum atomic E-state index is -3.51. The Morgan fingerprint density at radius 3 is 2.28 bits per heavy atom. The Morgan fingerprint density at radius 1 is 1.00 bits per heavy atom. The van der Waals surface area contributed by atoms with E-state index in [1.807, 2.05) is 56.3 Å². The Kier molecular flexibility index (Phi) is 5.06. The molecule has 0 atom stereocenters. The fourth-order valence-electron chi connectivity index (χ4n) is 3.32. The van der Waals surface area contributed by atoms with E-state index in [0.717, 1.165) is 11.1 Å². The molecule has 2 aromatic carbocycles. The molecular formula is C20H23NO3S. The van der Waals surface area contributed by atoms with Gasteiger partial charge in [0, 0.05) is 24.6 Å². The largest absolute Gasteiger partial charge is 0.294 e. The molecule has 0 aliphatic carbocycles. The van der Waals surface area contributed by atoms with E-state index in [1.165, 1.54) is 4.31 Å². The second-order valence-electron chi connectivity index (χ2n) is 6.68. The molecule has 1 fully saturated rings. The first kappa shape index (κ1) is 17.8. The van der Waals surface area contributed by atoms with Gasteiger partial charge in [-0.25, -0.2) is 8.42 Å². The van der Waals surface area contributed by atoms with Gasteiger partial charge in [-0.3, -0.25) is 4.79 Å². The third kappa shape index (κ3) is 3.67. The van der Waals surface area contributed by atoms with Crippen molar-refractivity contribution in [3.05, 3.63) is 65.2 Å². The number of carbonyl (C=O) groups excluding carboxylic acids is 1. The van der Waals surface area contributed by atoms with E-state index in [2.05, 4.69) is 0 Å². The van der Waals surface area contributed by atoms with E-state index in [9.17, 15) is 13.2 Å². The molecule has 1 aliphatic heterocycles. The van der Waals surface area contributed by atoms with Crippen molar-refractivity contribution in [3.8, 4) is 0 Å². The number of benzene rings is 2. The number of hydrogen-bond acceptors (Lipinski definition) is 3. The van der Waals surface area contributed by atoms with Gasteiger partial charge in [-0.2, -0.15) is 4.31 Å². The summed E-state index contributed by atoms with van der Waals surface area (Å²) in [5.74, 6) is 0.0110. The summed E-state index contributed by atoms with van der Waals surface area (Å²) in [4.78, 5) is 12.9. The molecule has 25 heavy (non-hydrogen) atoms. The third-order valence-electron chi connectivity index (χ3n) is 4.84. The molecule has 5 heteroatoms. The number of piperidine rings is 1. The molecule has 0 amide bonds. The van der Waals surface area contributed by atoms with Crippen molar-refractivity contribution in [2.24, 2.45) is 5.92 Å². The second kappa shape index (κ2) is 7.10. The fourth-order valence-corrected chi connectivity index (χ4v) is 5.10. The summed E-state index contributed by atoms with van der Waals surface area (Å²) in [7, 11) is -3.51. The molecule has 1 heterocycles. The van der Waals surface area contributed by atoms with Gasteiger partial charge in [-0.15, -0.1) is 0 Å². The molecule has 2 aromatic rings. The standard InChI is InChI=1S/C20H23NO3S/c1-15-8-9-16(2)19(14-15)25(23,24)21-12-10-18(11-13-21)20(22)17-6-4-3-5-7-17/h3-9,14,18H,10-13H2,1-2H3. The van der Waals surface area contributed by atoms with E-state index >= 15 is 0 Å². The highest BCUT2D eigenvalue weighted by molar-refractivity contribution is 7.89. The highest BCUT2D eigenvalue weighted by atomic mass is 32.2. The van der Waals surface area contributed by atoms with Gasteiger partial charge in [0.2, 0.25) is 10.0 Å². The van der Waals surface area contributed by atoms with Crippen molar-refractivity contribution in [2.45, 2.75) is 31.6 Å². The highest BCUT2D eigenvalue weighted by Gasteiger charge is 2.33. The van der Waals surface area contributed by atoms with Gasteiger partial charge in [0.05, 0.1) is 4.90 Å². The highest BCUT2D eigenvalue weighted by Crippen LogP contribution is 2.28. The Balaban J connectivity index is 1.73. The third-order valence-corrected chi connectivity index (χ3v) is 6.89. The normalized spacial score (nSPS) is 16.7. The smallest absolute Gasteiger partial charge is 0.243 e. The zero-order valence-electron chi connectivity index (χ0n) is 14.6. The summed E-state index contributed by atoms with van der Waals surface area (Å²) in [6, 6.07) is 14.7. The maximum absolute atomic E-state index is 12.9. The maximum atomic E-state index is 12.9. The summed E-state index contributed by atoms with van der Waals surface area (Å²) in [6.07, 6.45) is 1.13. The molecule has 0 spiro atoms. The van der Waals surface area contributed by atoms with E-state index in [0.29, 0.717) is 36.4 Å². The summed E-state index contributed by atoms with van der Waals surface area (Å²) in [6.45, 7) is 4.49. The topological polar surface area (TPSA) is 54.5 Å². The van der Waals surface area contributed by atoms with E-state index in [4.69, 9.17) is 0 Å². The average Bonchev–Trinajstić information content (AvgIpc) is 2.64. The lowest BCUT2D eigenvalue weighted by Crippen LogP contribution is -2.40. The minimum absolute atomic E-state index is 0.104. The number of Topliss-reactive ketones (excluding diaryl/α,β-unsaturated/α-hetero) is 1. The first-order chi connectivity index (χ1) is 11.9. The van der Waals surface area contributed by atoms with Gasteiger partial charge in [0.1, 0.15) is 0 Å². The van der Waals surface area contributed by atoms with Crippen molar-refractivity contribution in [1.82, 2.24) is 4.31 Å². The maximum Gasteiger partial charge on any atom is 0.243 e. The fraction of sp³-hybridized carbons (Fsp3) is 0.350. The molecule has 0 unspecified atom stereocenters. The Morgan fingerprint density at radius 2 is 1.64 bits per heavy atom. The lowest BCUT2D eigenvalue weighted by molar-refractivity contribution is 0.0875. The van der Waals surface area contributed by atoms with Gasteiger partial charge >= 0.3 is 0 Å². The van der Waals surface area contributed by atoms with Crippen LogP contribution in [0.5, 0.6) is 0 Å². The molecule has 3 rings (SSSR count). The SMILES string of the molecule is Cc1ccc(C)c(S(=O)(=O)N2CCC(C(=O)c3ccccc3)CC2)c1. The van der Waals surface area contributed by atoms with E-state index in [1.54, 1.807) is 6.07 Å². The minimum Gasteiger partial charge on any atom is -0.294 e. The molecule has 0 radical (unpaired) electrons. The van der Waals surface area contributed by atoms with Crippen LogP contribution < -0.4 is 0 Å². The molecule has 0 bridgehead atoms. The molecule has 0 saturated carbocycles. The number of ketones is 1. The van der Waals surface area contributed by atoms with Gasteiger partial charge < -0.3 is 0 Å². The summed E-state index contributed by atoms with van der Waals surface area (Å²) >= 11 is 0. The zero-order chi connectivity index (χ0) is 18.0. The van der Waals surface area contributed by atoms with Crippen molar-refractivity contribution in [1.29, 1.82) is 0 Å². The number of rotatable bonds is 4. The summed E-state index contributed by atoms with van der Waals surface area (Å²) in [5, 5.41) is 0. The number of sulfonamides is 1. The van der Waals surface area contributed by atoms with Gasteiger partial charge in [-0.1, -0.05) is 42.5 Å². The number of nitrogens with zero attached hydrogens (tertiary/aromatic N) is 1. The van der Waals surface area contributed by atoms with Crippen LogP contribution in [0, 0.1) is 19.8 Å². The predicted octanol–water partition coefficient (Wildman–Crippen LogP) is 3.59. The number of aryl methyl sites for hydroxylation is 2. The van der Waals surface area contributed by atoms with Crippen LogP contribution in [-0.4, -0.2) is 31.6 Å². The summed E-state index contributed by atoms with van der Waals surface area (Å²) in [5.41, 5.74) is 2.39. The van der Waals surface area contributed by atoms with Crippen LogP contribution in [0.2, 0.25) is 0 Å². The second-order valence-corrected chi connectivity index (χ2v) is 8.58. The van der Waals surface area contributed by atoms with Crippen LogP contribution in [0.4, 0.5) is 0 Å². The Bertz CT molecular complexity index is 867. The van der Waals surface area contributed by atoms with Gasteiger partial charge in [0.15, 0.2) is 5.78 Å². The van der Waals surface area contributed by atoms with Crippen LogP contribution in [0.3, 0.4) is 0 Å². The van der Waals surface area contributed by atoms with Crippen LogP contribution in [-0.2, 0) is 10.0 Å². The molecule has 1 aliphatic rings. The zero-order valence-corrected chi connectivity index (χ0v) is 15.4. The molecule has 0 aromatic heterocycles. The van der Waals surface area contributed by atoms with Crippen LogP contribution in [0.15, 0.2) is 53.4 Å². The predicted molar refractivity (Wildman–Crippen MR) is 98.2 cm³/mol. The average molecular weight is 357 g/mol. The van der Waals surface area contributed by atoms with Gasteiger partial charge in [-0.05, 0) is 43.9 Å². The monoisotopic (exact) mass is 357 g/mol. The Labute approximate surface area is 149 Å². The van der Waals surface area contributed by atoms with Crippen LogP contribution >= 0.6 is 0 Å². The molecule has 4 nitrogen and oxygen atoms in total. The molecule has 0 N–H and O–H groups in total. The first-order valence-electron chi connectivity index (χ1n) is 8.56. The number of carbonyl (C=O) groups is 1. The van der Waals surface area contributed by atoms with Crippen molar-refractivity contribution in [3.63, 3.8) is 0 Å². The van der Waals surface area contributed by atoms with E-state index < -0.39 is 10.0 Å². The molecular weight excluding hydrogens is 334 g/mol. The van der Waals surface area contributed by atoms with E-state index in [-0.39, 0.29) is 11.7 Å². The molecule has 1 saturated heterocycles. The molecule has 132 valence electrons. The first-order valence-corrected chi connectivity index (χ1v) is 10.0. The Hall–Kier alpha value is -1.98. The summed E-state index contributed by atoms with van der Waals surface area (Å²) < 4.78 is 27.4. The van der Waals surface area contributed by atoms with Crippen molar-refractivity contribution >= 4 is 15.8 Å². The number of hydrogen-bond donors (Lipinski definition) is 0. The lowest BCUT2D eigenvalue weighted by atomic mass is 9.90. The lowest BCUT2D eigenvalue weighted by Gasteiger charge is -2.31.